The van der Waals surface area contributed by atoms with Gasteiger partial charge in [0.05, 0.1) is 0 Å². The Labute approximate surface area is 165 Å². The molecule has 1 amide bonds. The third-order valence-corrected chi connectivity index (χ3v) is 6.48. The van der Waals surface area contributed by atoms with Crippen molar-refractivity contribution in [3.63, 3.8) is 0 Å². The lowest BCUT2D eigenvalue weighted by Crippen LogP contribution is -2.30. The molecule has 1 aromatic rings. The van der Waals surface area contributed by atoms with E-state index in [-0.39, 0.29) is 6.09 Å². The van der Waals surface area contributed by atoms with Gasteiger partial charge in [-0.05, 0) is 42.3 Å². The first-order valence-corrected chi connectivity index (χ1v) is 10.3. The molecule has 0 bridgehead atoms. The molecule has 5 rings (SSSR count). The standard InChI is InChI=1S/C15H17NO3.C7H11NO/c17-14-6-12-8-16(9-13(12)7-14)15(18)19-10-11-4-2-1-3-5-11;9-7-1-5-3-8-4-6(5)2-7/h1-5,12-13H,6-10H2;5-6,8H,1-4H2/t12-,13+;5-,6+. The predicted octanol–water partition coefficient (Wildman–Crippen LogP) is 2.42. The molecule has 1 aromatic carbocycles. The Bertz CT molecular complexity index is 705. The minimum absolute atomic E-state index is 0.259. The normalized spacial score (nSPS) is 30.6. The maximum atomic E-state index is 12.0. The van der Waals surface area contributed by atoms with Gasteiger partial charge in [-0.2, -0.15) is 0 Å². The molecule has 4 fully saturated rings. The Hall–Kier alpha value is -2.21. The minimum atomic E-state index is -0.259. The molecule has 6 nitrogen and oxygen atoms in total. The number of hydrogen-bond acceptors (Lipinski definition) is 5. The van der Waals surface area contributed by atoms with Crippen LogP contribution < -0.4 is 5.32 Å². The maximum Gasteiger partial charge on any atom is 0.410 e. The third-order valence-electron chi connectivity index (χ3n) is 6.48. The Kier molecular flexibility index (Phi) is 5.76. The summed E-state index contributed by atoms with van der Waals surface area (Å²) < 4.78 is 5.31. The van der Waals surface area contributed by atoms with Crippen LogP contribution >= 0.6 is 0 Å². The van der Waals surface area contributed by atoms with Gasteiger partial charge in [0.25, 0.3) is 0 Å². The van der Waals surface area contributed by atoms with Gasteiger partial charge in [-0.25, -0.2) is 4.79 Å². The lowest BCUT2D eigenvalue weighted by molar-refractivity contribution is -0.118. The number of ether oxygens (including phenoxy) is 1. The number of Topliss-reactive ketones (excluding diaryl/α,β-unsaturated/α-hetero) is 2. The van der Waals surface area contributed by atoms with Crippen LogP contribution in [0.25, 0.3) is 0 Å². The number of carbonyl (C=O) groups is 3. The zero-order chi connectivity index (χ0) is 19.5. The zero-order valence-electron chi connectivity index (χ0n) is 16.1. The van der Waals surface area contributed by atoms with Crippen LogP contribution in [0, 0.1) is 23.7 Å². The summed E-state index contributed by atoms with van der Waals surface area (Å²) >= 11 is 0. The first-order valence-electron chi connectivity index (χ1n) is 10.3. The minimum Gasteiger partial charge on any atom is -0.445 e. The molecule has 2 saturated heterocycles. The number of benzene rings is 1. The average Bonchev–Trinajstić information content (AvgIpc) is 3.41. The summed E-state index contributed by atoms with van der Waals surface area (Å²) in [5.41, 5.74) is 0.991. The van der Waals surface area contributed by atoms with E-state index in [4.69, 9.17) is 4.74 Å². The van der Waals surface area contributed by atoms with E-state index >= 15 is 0 Å². The fraction of sp³-hybridized carbons (Fsp3) is 0.591. The van der Waals surface area contributed by atoms with Gasteiger partial charge in [0, 0.05) is 38.8 Å². The molecule has 28 heavy (non-hydrogen) atoms. The molecular weight excluding hydrogens is 356 g/mol. The molecule has 0 spiro atoms. The first kappa shape index (κ1) is 19.1. The van der Waals surface area contributed by atoms with Gasteiger partial charge in [0.15, 0.2) is 0 Å². The van der Waals surface area contributed by atoms with Gasteiger partial charge in [-0.1, -0.05) is 30.3 Å². The fourth-order valence-electron chi connectivity index (χ4n) is 4.96. The highest BCUT2D eigenvalue weighted by Gasteiger charge is 2.42. The summed E-state index contributed by atoms with van der Waals surface area (Å²) in [5.74, 6) is 2.92. The molecule has 6 heteroatoms. The maximum absolute atomic E-state index is 12.0. The van der Waals surface area contributed by atoms with Crippen molar-refractivity contribution in [2.75, 3.05) is 26.2 Å². The smallest absolute Gasteiger partial charge is 0.410 e. The second kappa shape index (κ2) is 8.43. The lowest BCUT2D eigenvalue weighted by atomic mass is 10.0. The van der Waals surface area contributed by atoms with Crippen LogP contribution in [0.15, 0.2) is 30.3 Å². The monoisotopic (exact) mass is 384 g/mol. The van der Waals surface area contributed by atoms with Crippen molar-refractivity contribution in [1.29, 1.82) is 0 Å². The summed E-state index contributed by atoms with van der Waals surface area (Å²) in [6.45, 7) is 3.81. The van der Waals surface area contributed by atoms with Crippen LogP contribution in [-0.2, 0) is 20.9 Å². The number of hydrogen-bond donors (Lipinski definition) is 1. The number of carbonyl (C=O) groups excluding carboxylic acids is 3. The molecule has 2 heterocycles. The summed E-state index contributed by atoms with van der Waals surface area (Å²) in [6.07, 6.45) is 2.70. The van der Waals surface area contributed by atoms with E-state index in [1.54, 1.807) is 4.90 Å². The van der Waals surface area contributed by atoms with Crippen LogP contribution in [0.4, 0.5) is 4.79 Å². The largest absolute Gasteiger partial charge is 0.445 e. The molecule has 0 unspecified atom stereocenters. The van der Waals surface area contributed by atoms with Crippen molar-refractivity contribution < 1.29 is 19.1 Å². The number of ketones is 2. The number of rotatable bonds is 2. The third kappa shape index (κ3) is 4.43. The van der Waals surface area contributed by atoms with Crippen molar-refractivity contribution in [1.82, 2.24) is 10.2 Å². The first-order chi connectivity index (χ1) is 13.6. The molecule has 0 radical (unpaired) electrons. The molecular formula is C22H28N2O4. The van der Waals surface area contributed by atoms with E-state index in [0.717, 1.165) is 31.5 Å². The van der Waals surface area contributed by atoms with E-state index in [2.05, 4.69) is 5.32 Å². The number of nitrogens with one attached hydrogen (secondary N) is 1. The summed E-state index contributed by atoms with van der Waals surface area (Å²) in [4.78, 5) is 35.8. The number of likely N-dealkylation sites (tertiary alicyclic amines) is 1. The predicted molar refractivity (Wildman–Crippen MR) is 104 cm³/mol. The Morgan fingerprint density at radius 1 is 0.893 bits per heavy atom. The zero-order valence-corrected chi connectivity index (χ0v) is 16.1. The van der Waals surface area contributed by atoms with Gasteiger partial charge in [-0.15, -0.1) is 0 Å². The van der Waals surface area contributed by atoms with Crippen LogP contribution in [0.3, 0.4) is 0 Å². The van der Waals surface area contributed by atoms with E-state index < -0.39 is 0 Å². The van der Waals surface area contributed by atoms with E-state index in [9.17, 15) is 14.4 Å². The SMILES string of the molecule is O=C1C[C@@H]2CN(C(=O)OCc3ccccc3)C[C@@H]2C1.O=C1C[C@H]2CNC[C@H]2C1. The lowest BCUT2D eigenvalue weighted by Gasteiger charge is -2.16. The second-order valence-corrected chi connectivity index (χ2v) is 8.54. The second-order valence-electron chi connectivity index (χ2n) is 8.54. The van der Waals surface area contributed by atoms with Gasteiger partial charge in [0.1, 0.15) is 18.2 Å². The van der Waals surface area contributed by atoms with Gasteiger partial charge in [0.2, 0.25) is 0 Å². The quantitative estimate of drug-likeness (QED) is 0.848. The fourth-order valence-corrected chi connectivity index (χ4v) is 4.96. The summed E-state index contributed by atoms with van der Waals surface area (Å²) in [5, 5.41) is 3.29. The topological polar surface area (TPSA) is 75.7 Å². The molecule has 1 N–H and O–H groups in total. The van der Waals surface area contributed by atoms with E-state index in [0.29, 0.717) is 67.8 Å². The molecule has 2 aliphatic carbocycles. The Morgan fingerprint density at radius 2 is 1.43 bits per heavy atom. The van der Waals surface area contributed by atoms with Crippen LogP contribution in [0.5, 0.6) is 0 Å². The van der Waals surface area contributed by atoms with Crippen molar-refractivity contribution >= 4 is 17.7 Å². The molecule has 150 valence electrons. The molecule has 2 aliphatic heterocycles. The van der Waals surface area contributed by atoms with Crippen LogP contribution in [-0.4, -0.2) is 48.7 Å². The van der Waals surface area contributed by atoms with Gasteiger partial charge in [-0.3, -0.25) is 9.59 Å². The van der Waals surface area contributed by atoms with Gasteiger partial charge >= 0.3 is 6.09 Å². The Balaban J connectivity index is 0.000000177. The molecule has 4 aliphatic rings. The number of nitrogens with zero attached hydrogens (tertiary/aromatic N) is 1. The highest BCUT2D eigenvalue weighted by Crippen LogP contribution is 2.36. The van der Waals surface area contributed by atoms with Crippen molar-refractivity contribution in [3.8, 4) is 0 Å². The number of amides is 1. The number of fused-ring (bicyclic) bond motifs is 2. The highest BCUT2D eigenvalue weighted by atomic mass is 16.6. The highest BCUT2D eigenvalue weighted by molar-refractivity contribution is 5.82. The summed E-state index contributed by atoms with van der Waals surface area (Å²) in [7, 11) is 0. The van der Waals surface area contributed by atoms with Crippen LogP contribution in [0.1, 0.15) is 31.2 Å². The molecule has 0 aromatic heterocycles. The van der Waals surface area contributed by atoms with Gasteiger partial charge < -0.3 is 15.0 Å². The van der Waals surface area contributed by atoms with Crippen molar-refractivity contribution in [3.05, 3.63) is 35.9 Å². The summed E-state index contributed by atoms with van der Waals surface area (Å²) in [6, 6.07) is 9.66. The van der Waals surface area contributed by atoms with E-state index in [1.807, 2.05) is 30.3 Å². The molecule has 2 saturated carbocycles. The van der Waals surface area contributed by atoms with E-state index in [1.165, 1.54) is 0 Å². The molecule has 4 atom stereocenters. The van der Waals surface area contributed by atoms with Crippen LogP contribution in [0.2, 0.25) is 0 Å². The average molecular weight is 384 g/mol. The Morgan fingerprint density at radius 3 is 2.00 bits per heavy atom. The van der Waals surface area contributed by atoms with Crippen molar-refractivity contribution in [2.45, 2.75) is 32.3 Å². The van der Waals surface area contributed by atoms with Crippen molar-refractivity contribution in [2.24, 2.45) is 23.7 Å².